The first-order valence-electron chi connectivity index (χ1n) is 8.05. The first-order valence-corrected chi connectivity index (χ1v) is 8.05. The Hall–Kier alpha value is -1.85. The Labute approximate surface area is 131 Å². The molecule has 0 atom stereocenters. The molecule has 0 bridgehead atoms. The van der Waals surface area contributed by atoms with Crippen molar-refractivity contribution in [3.05, 3.63) is 17.5 Å². The minimum absolute atomic E-state index is 0.0291. The smallest absolute Gasteiger partial charge is 0.306 e. The van der Waals surface area contributed by atoms with E-state index < -0.39 is 5.97 Å². The first kappa shape index (κ1) is 16.5. The summed E-state index contributed by atoms with van der Waals surface area (Å²) in [5.41, 5.74) is 1.54. The Bertz CT molecular complexity index is 541. The zero-order chi connectivity index (χ0) is 16.3. The Morgan fingerprint density at radius 3 is 2.41 bits per heavy atom. The van der Waals surface area contributed by atoms with Gasteiger partial charge in [0.05, 0.1) is 23.7 Å². The summed E-state index contributed by atoms with van der Waals surface area (Å²) in [7, 11) is 0. The van der Waals surface area contributed by atoms with E-state index in [1.54, 1.807) is 11.1 Å². The van der Waals surface area contributed by atoms with Crippen molar-refractivity contribution in [3.8, 4) is 0 Å². The molecule has 0 aromatic carbocycles. The van der Waals surface area contributed by atoms with Gasteiger partial charge < -0.3 is 10.0 Å². The highest BCUT2D eigenvalue weighted by Crippen LogP contribution is 2.23. The third kappa shape index (κ3) is 3.15. The van der Waals surface area contributed by atoms with Crippen LogP contribution in [0.4, 0.5) is 0 Å². The number of hydrogen-bond acceptors (Lipinski definition) is 3. The van der Waals surface area contributed by atoms with E-state index in [4.69, 9.17) is 5.11 Å². The van der Waals surface area contributed by atoms with E-state index in [1.165, 1.54) is 0 Å². The van der Waals surface area contributed by atoms with E-state index in [0.29, 0.717) is 37.5 Å². The molecular formula is C16H25N3O3. The van der Waals surface area contributed by atoms with Crippen LogP contribution in [0.3, 0.4) is 0 Å². The number of nitrogens with zero attached hydrogens (tertiary/aromatic N) is 3. The molecule has 1 N–H and O–H groups in total. The SMILES string of the molecule is CCC(CC)n1ncc(C(=O)N2CCC(C(=O)O)CC2)c1C. The number of aliphatic carboxylic acids is 1. The predicted octanol–water partition coefficient (Wildman–Crippen LogP) is 2.49. The molecule has 0 radical (unpaired) electrons. The lowest BCUT2D eigenvalue weighted by molar-refractivity contribution is -0.143. The summed E-state index contributed by atoms with van der Waals surface area (Å²) in [6, 6.07) is 0.319. The molecule has 1 aliphatic rings. The van der Waals surface area contributed by atoms with Gasteiger partial charge in [0.25, 0.3) is 5.91 Å². The summed E-state index contributed by atoms with van der Waals surface area (Å²) in [5, 5.41) is 13.4. The number of carbonyl (C=O) groups excluding carboxylic acids is 1. The average molecular weight is 307 g/mol. The largest absolute Gasteiger partial charge is 0.481 e. The number of piperidine rings is 1. The molecule has 1 aliphatic heterocycles. The van der Waals surface area contributed by atoms with Gasteiger partial charge in [-0.2, -0.15) is 5.10 Å². The summed E-state index contributed by atoms with van der Waals surface area (Å²) in [6.07, 6.45) is 4.67. The summed E-state index contributed by atoms with van der Waals surface area (Å²) in [6.45, 7) is 7.18. The van der Waals surface area contributed by atoms with Gasteiger partial charge in [-0.3, -0.25) is 14.3 Å². The number of amides is 1. The normalized spacial score (nSPS) is 16.3. The van der Waals surface area contributed by atoms with Crippen LogP contribution in [0.5, 0.6) is 0 Å². The van der Waals surface area contributed by atoms with Crippen molar-refractivity contribution < 1.29 is 14.7 Å². The third-order valence-electron chi connectivity index (χ3n) is 4.69. The molecule has 0 spiro atoms. The molecule has 0 aliphatic carbocycles. The van der Waals surface area contributed by atoms with E-state index in [2.05, 4.69) is 18.9 Å². The van der Waals surface area contributed by atoms with Gasteiger partial charge in [0.1, 0.15) is 0 Å². The molecule has 2 heterocycles. The molecule has 1 fully saturated rings. The molecule has 0 saturated carbocycles. The number of rotatable bonds is 5. The minimum atomic E-state index is -0.759. The fourth-order valence-corrected chi connectivity index (χ4v) is 3.14. The van der Waals surface area contributed by atoms with Gasteiger partial charge in [-0.05, 0) is 32.6 Å². The third-order valence-corrected chi connectivity index (χ3v) is 4.69. The van der Waals surface area contributed by atoms with Gasteiger partial charge in [-0.15, -0.1) is 0 Å². The Kier molecular flexibility index (Phi) is 5.21. The van der Waals surface area contributed by atoms with Gasteiger partial charge in [-0.25, -0.2) is 0 Å². The van der Waals surface area contributed by atoms with Gasteiger partial charge in [0.15, 0.2) is 0 Å². The van der Waals surface area contributed by atoms with E-state index in [-0.39, 0.29) is 11.8 Å². The highest BCUT2D eigenvalue weighted by atomic mass is 16.4. The molecule has 6 heteroatoms. The highest BCUT2D eigenvalue weighted by Gasteiger charge is 2.29. The van der Waals surface area contributed by atoms with Crippen LogP contribution in [-0.2, 0) is 4.79 Å². The summed E-state index contributed by atoms with van der Waals surface area (Å²) in [4.78, 5) is 25.4. The number of carbonyl (C=O) groups is 2. The van der Waals surface area contributed by atoms with Gasteiger partial charge in [0.2, 0.25) is 0 Å². The van der Waals surface area contributed by atoms with Crippen molar-refractivity contribution in [2.45, 2.75) is 52.5 Å². The second kappa shape index (κ2) is 6.94. The molecule has 6 nitrogen and oxygen atoms in total. The molecule has 2 rings (SSSR count). The second-order valence-electron chi connectivity index (χ2n) is 5.96. The number of carboxylic acids is 1. The fraction of sp³-hybridized carbons (Fsp3) is 0.688. The van der Waals surface area contributed by atoms with Crippen molar-refractivity contribution in [2.24, 2.45) is 5.92 Å². The summed E-state index contributed by atoms with van der Waals surface area (Å²) < 4.78 is 1.94. The lowest BCUT2D eigenvalue weighted by Crippen LogP contribution is -2.40. The van der Waals surface area contributed by atoms with Crippen molar-refractivity contribution >= 4 is 11.9 Å². The molecule has 22 heavy (non-hydrogen) atoms. The lowest BCUT2D eigenvalue weighted by atomic mass is 9.96. The zero-order valence-electron chi connectivity index (χ0n) is 13.6. The van der Waals surface area contributed by atoms with Crippen LogP contribution in [0.15, 0.2) is 6.20 Å². The maximum absolute atomic E-state index is 12.6. The van der Waals surface area contributed by atoms with E-state index in [9.17, 15) is 9.59 Å². The fourth-order valence-electron chi connectivity index (χ4n) is 3.14. The molecule has 122 valence electrons. The molecule has 1 aromatic rings. The van der Waals surface area contributed by atoms with Crippen LogP contribution < -0.4 is 0 Å². The van der Waals surface area contributed by atoms with Crippen molar-refractivity contribution in [2.75, 3.05) is 13.1 Å². The van der Waals surface area contributed by atoms with Crippen LogP contribution in [0.25, 0.3) is 0 Å². The molecule has 0 unspecified atom stereocenters. The van der Waals surface area contributed by atoms with Crippen LogP contribution in [-0.4, -0.2) is 44.8 Å². The standard InChI is InChI=1S/C16H25N3O3/c1-4-13(5-2)19-11(3)14(10-17-19)15(20)18-8-6-12(7-9-18)16(21)22/h10,12-13H,4-9H2,1-3H3,(H,21,22). The minimum Gasteiger partial charge on any atom is -0.481 e. The van der Waals surface area contributed by atoms with E-state index in [1.807, 2.05) is 11.6 Å². The van der Waals surface area contributed by atoms with Crippen molar-refractivity contribution in [1.29, 1.82) is 0 Å². The molecule has 1 saturated heterocycles. The number of hydrogen-bond donors (Lipinski definition) is 1. The maximum atomic E-state index is 12.6. The van der Waals surface area contributed by atoms with Crippen LogP contribution in [0.1, 0.15) is 61.6 Å². The first-order chi connectivity index (χ1) is 10.5. The quantitative estimate of drug-likeness (QED) is 0.907. The van der Waals surface area contributed by atoms with Crippen LogP contribution in [0, 0.1) is 12.8 Å². The average Bonchev–Trinajstić information content (AvgIpc) is 2.90. The van der Waals surface area contributed by atoms with Gasteiger partial charge in [0, 0.05) is 18.8 Å². The zero-order valence-corrected chi connectivity index (χ0v) is 13.6. The molecule has 1 aromatic heterocycles. The Morgan fingerprint density at radius 1 is 1.32 bits per heavy atom. The topological polar surface area (TPSA) is 75.4 Å². The number of carboxylic acid groups (broad SMARTS) is 1. The van der Waals surface area contributed by atoms with Gasteiger partial charge >= 0.3 is 5.97 Å². The monoisotopic (exact) mass is 307 g/mol. The van der Waals surface area contributed by atoms with E-state index in [0.717, 1.165) is 18.5 Å². The number of aromatic nitrogens is 2. The van der Waals surface area contributed by atoms with Crippen molar-refractivity contribution in [1.82, 2.24) is 14.7 Å². The Balaban J connectivity index is 2.09. The van der Waals surface area contributed by atoms with Gasteiger partial charge in [-0.1, -0.05) is 13.8 Å². The summed E-state index contributed by atoms with van der Waals surface area (Å²) >= 11 is 0. The summed E-state index contributed by atoms with van der Waals surface area (Å²) in [5.74, 6) is -1.11. The van der Waals surface area contributed by atoms with Crippen molar-refractivity contribution in [3.63, 3.8) is 0 Å². The van der Waals surface area contributed by atoms with E-state index >= 15 is 0 Å². The predicted molar refractivity (Wildman–Crippen MR) is 82.8 cm³/mol. The number of likely N-dealkylation sites (tertiary alicyclic amines) is 1. The van der Waals surface area contributed by atoms with Crippen LogP contribution in [0.2, 0.25) is 0 Å². The maximum Gasteiger partial charge on any atom is 0.306 e. The molecule has 1 amide bonds. The second-order valence-corrected chi connectivity index (χ2v) is 5.96. The Morgan fingerprint density at radius 2 is 1.91 bits per heavy atom. The lowest BCUT2D eigenvalue weighted by Gasteiger charge is -2.30. The highest BCUT2D eigenvalue weighted by molar-refractivity contribution is 5.95. The molecular weight excluding hydrogens is 282 g/mol. The van der Waals surface area contributed by atoms with Crippen LogP contribution >= 0.6 is 0 Å².